The molecular formula is C11H17N3. The lowest BCUT2D eigenvalue weighted by Gasteiger charge is -2.11. The van der Waals surface area contributed by atoms with E-state index in [1.54, 1.807) is 0 Å². The van der Waals surface area contributed by atoms with E-state index in [1.165, 1.54) is 11.3 Å². The van der Waals surface area contributed by atoms with Gasteiger partial charge in [-0.15, -0.1) is 0 Å². The van der Waals surface area contributed by atoms with Crippen LogP contribution in [0.25, 0.3) is 0 Å². The maximum atomic E-state index is 5.99. The Morgan fingerprint density at radius 1 is 1.36 bits per heavy atom. The normalized spacial score (nSPS) is 20.2. The molecule has 1 atom stereocenters. The number of hydrogen-bond donors (Lipinski definition) is 1. The van der Waals surface area contributed by atoms with Crippen molar-refractivity contribution in [3.63, 3.8) is 0 Å². The Morgan fingerprint density at radius 3 is 2.71 bits per heavy atom. The highest BCUT2D eigenvalue weighted by molar-refractivity contribution is 5.33. The lowest BCUT2D eigenvalue weighted by atomic mass is 10.1. The van der Waals surface area contributed by atoms with E-state index < -0.39 is 0 Å². The zero-order valence-corrected chi connectivity index (χ0v) is 9.04. The van der Waals surface area contributed by atoms with Crippen molar-refractivity contribution in [2.24, 2.45) is 5.73 Å². The maximum Gasteiger partial charge on any atom is 0.131 e. The van der Waals surface area contributed by atoms with E-state index in [-0.39, 0.29) is 6.04 Å². The monoisotopic (exact) mass is 191 g/mol. The highest BCUT2D eigenvalue weighted by Crippen LogP contribution is 2.30. The van der Waals surface area contributed by atoms with Gasteiger partial charge in [-0.05, 0) is 19.8 Å². The van der Waals surface area contributed by atoms with Crippen LogP contribution in [0.3, 0.4) is 0 Å². The molecule has 76 valence electrons. The molecule has 1 aromatic rings. The number of aromatic nitrogens is 2. The fourth-order valence-corrected chi connectivity index (χ4v) is 2.03. The predicted molar refractivity (Wildman–Crippen MR) is 56.1 cm³/mol. The second-order valence-electron chi connectivity index (χ2n) is 4.33. The van der Waals surface area contributed by atoms with E-state index in [4.69, 9.17) is 5.73 Å². The molecule has 1 unspecified atom stereocenters. The summed E-state index contributed by atoms with van der Waals surface area (Å²) in [6.45, 7) is 6.28. The van der Waals surface area contributed by atoms with Gasteiger partial charge in [-0.3, -0.25) is 0 Å². The lowest BCUT2D eigenvalue weighted by Crippen LogP contribution is -2.11. The largest absolute Gasteiger partial charge is 0.324 e. The van der Waals surface area contributed by atoms with Gasteiger partial charge >= 0.3 is 0 Å². The Kier molecular flexibility index (Phi) is 2.27. The van der Waals surface area contributed by atoms with E-state index in [1.807, 2.05) is 6.92 Å². The van der Waals surface area contributed by atoms with Gasteiger partial charge in [0.1, 0.15) is 5.82 Å². The molecule has 0 fully saturated rings. The van der Waals surface area contributed by atoms with Gasteiger partial charge in [-0.2, -0.15) is 0 Å². The number of nitrogens with two attached hydrogens (primary N) is 1. The first-order chi connectivity index (χ1) is 6.59. The van der Waals surface area contributed by atoms with Crippen molar-refractivity contribution in [2.75, 3.05) is 0 Å². The average Bonchev–Trinajstić information content (AvgIpc) is 2.48. The molecule has 3 nitrogen and oxygen atoms in total. The van der Waals surface area contributed by atoms with Crippen molar-refractivity contribution in [3.05, 3.63) is 22.8 Å². The fraction of sp³-hybridized carbons (Fsp3) is 0.636. The SMILES string of the molecule is Cc1nc(C(C)C)nc2c1C(N)CC2. The van der Waals surface area contributed by atoms with Crippen LogP contribution in [0.2, 0.25) is 0 Å². The molecule has 0 saturated carbocycles. The first kappa shape index (κ1) is 9.59. The molecule has 0 bridgehead atoms. The zero-order chi connectivity index (χ0) is 10.3. The van der Waals surface area contributed by atoms with Gasteiger partial charge in [-0.1, -0.05) is 13.8 Å². The van der Waals surface area contributed by atoms with Crippen molar-refractivity contribution >= 4 is 0 Å². The molecule has 0 aromatic carbocycles. The molecule has 0 saturated heterocycles. The van der Waals surface area contributed by atoms with Crippen LogP contribution in [-0.2, 0) is 6.42 Å². The van der Waals surface area contributed by atoms with Crippen LogP contribution in [0.5, 0.6) is 0 Å². The average molecular weight is 191 g/mol. The number of rotatable bonds is 1. The molecular weight excluding hydrogens is 174 g/mol. The third-order valence-corrected chi connectivity index (χ3v) is 2.81. The van der Waals surface area contributed by atoms with Gasteiger partial charge in [0.15, 0.2) is 0 Å². The summed E-state index contributed by atoms with van der Waals surface area (Å²) in [5.41, 5.74) is 9.43. The third kappa shape index (κ3) is 1.42. The van der Waals surface area contributed by atoms with Gasteiger partial charge in [0, 0.05) is 28.9 Å². The van der Waals surface area contributed by atoms with E-state index in [9.17, 15) is 0 Å². The molecule has 1 aliphatic carbocycles. The predicted octanol–water partition coefficient (Wildman–Crippen LogP) is 1.85. The van der Waals surface area contributed by atoms with E-state index in [2.05, 4.69) is 23.8 Å². The van der Waals surface area contributed by atoms with Crippen LogP contribution in [0, 0.1) is 6.92 Å². The number of hydrogen-bond acceptors (Lipinski definition) is 3. The van der Waals surface area contributed by atoms with Crippen LogP contribution in [0.4, 0.5) is 0 Å². The van der Waals surface area contributed by atoms with Crippen molar-refractivity contribution in [1.82, 2.24) is 9.97 Å². The Labute approximate surface area is 84.8 Å². The summed E-state index contributed by atoms with van der Waals surface area (Å²) >= 11 is 0. The molecule has 3 heteroatoms. The Morgan fingerprint density at radius 2 is 2.07 bits per heavy atom. The summed E-state index contributed by atoms with van der Waals surface area (Å²) in [5.74, 6) is 1.35. The van der Waals surface area contributed by atoms with Crippen molar-refractivity contribution in [1.29, 1.82) is 0 Å². The Hall–Kier alpha value is -0.960. The summed E-state index contributed by atoms with van der Waals surface area (Å²) in [5, 5.41) is 0. The molecule has 2 rings (SSSR count). The van der Waals surface area contributed by atoms with E-state index in [0.717, 1.165) is 24.4 Å². The minimum absolute atomic E-state index is 0.159. The summed E-state index contributed by atoms with van der Waals surface area (Å²) in [6.07, 6.45) is 2.03. The molecule has 0 spiro atoms. The minimum atomic E-state index is 0.159. The first-order valence-electron chi connectivity index (χ1n) is 5.22. The highest BCUT2D eigenvalue weighted by atomic mass is 14.9. The standard InChI is InChI=1S/C11H17N3/c1-6(2)11-13-7(3)10-8(12)4-5-9(10)14-11/h6,8H,4-5,12H2,1-3H3. The topological polar surface area (TPSA) is 51.8 Å². The molecule has 14 heavy (non-hydrogen) atoms. The van der Waals surface area contributed by atoms with Crippen LogP contribution in [-0.4, -0.2) is 9.97 Å². The van der Waals surface area contributed by atoms with E-state index >= 15 is 0 Å². The fourth-order valence-electron chi connectivity index (χ4n) is 2.03. The minimum Gasteiger partial charge on any atom is -0.324 e. The quantitative estimate of drug-likeness (QED) is 0.737. The summed E-state index contributed by atoms with van der Waals surface area (Å²) in [6, 6.07) is 0.159. The smallest absolute Gasteiger partial charge is 0.131 e. The van der Waals surface area contributed by atoms with Gasteiger partial charge < -0.3 is 5.73 Å². The van der Waals surface area contributed by atoms with Crippen LogP contribution < -0.4 is 5.73 Å². The van der Waals surface area contributed by atoms with Gasteiger partial charge in [-0.25, -0.2) is 9.97 Å². The second kappa shape index (κ2) is 3.31. The second-order valence-corrected chi connectivity index (χ2v) is 4.33. The third-order valence-electron chi connectivity index (χ3n) is 2.81. The molecule has 0 aliphatic heterocycles. The summed E-state index contributed by atoms with van der Waals surface area (Å²) in [7, 11) is 0. The number of fused-ring (bicyclic) bond motifs is 1. The number of aryl methyl sites for hydroxylation is 2. The Balaban J connectivity index is 2.51. The zero-order valence-electron chi connectivity index (χ0n) is 9.04. The van der Waals surface area contributed by atoms with Gasteiger partial charge in [0.05, 0.1) is 0 Å². The maximum absolute atomic E-state index is 5.99. The number of nitrogens with zero attached hydrogens (tertiary/aromatic N) is 2. The Bertz CT molecular complexity index is 358. The lowest BCUT2D eigenvalue weighted by molar-refractivity contribution is 0.706. The molecule has 1 aromatic heterocycles. The first-order valence-corrected chi connectivity index (χ1v) is 5.22. The van der Waals surface area contributed by atoms with Crippen LogP contribution >= 0.6 is 0 Å². The summed E-state index contributed by atoms with van der Waals surface area (Å²) in [4.78, 5) is 9.08. The molecule has 2 N–H and O–H groups in total. The van der Waals surface area contributed by atoms with Crippen LogP contribution in [0.15, 0.2) is 0 Å². The van der Waals surface area contributed by atoms with Crippen molar-refractivity contribution < 1.29 is 0 Å². The van der Waals surface area contributed by atoms with E-state index in [0.29, 0.717) is 5.92 Å². The molecule has 1 heterocycles. The van der Waals surface area contributed by atoms with Gasteiger partial charge in [0.2, 0.25) is 0 Å². The molecule has 1 aliphatic rings. The van der Waals surface area contributed by atoms with Crippen LogP contribution in [0.1, 0.15) is 55.0 Å². The molecule has 0 radical (unpaired) electrons. The summed E-state index contributed by atoms with van der Waals surface area (Å²) < 4.78 is 0. The van der Waals surface area contributed by atoms with Crippen molar-refractivity contribution in [3.8, 4) is 0 Å². The van der Waals surface area contributed by atoms with Crippen molar-refractivity contribution in [2.45, 2.75) is 45.6 Å². The highest BCUT2D eigenvalue weighted by Gasteiger charge is 2.24. The van der Waals surface area contributed by atoms with Gasteiger partial charge in [0.25, 0.3) is 0 Å². The molecule has 0 amide bonds.